The van der Waals surface area contributed by atoms with Crippen molar-refractivity contribution in [3.8, 4) is 55.9 Å². The van der Waals surface area contributed by atoms with E-state index in [0.717, 1.165) is 28.1 Å². The van der Waals surface area contributed by atoms with Crippen LogP contribution in [0.2, 0.25) is 0 Å². The van der Waals surface area contributed by atoms with Crippen LogP contribution in [0.25, 0.3) is 101 Å². The molecule has 2 aromatic heterocycles. The number of fused-ring (bicyclic) bond motifs is 5. The summed E-state index contributed by atoms with van der Waals surface area (Å²) in [5.41, 5.74) is 17.6. The molecule has 57 heavy (non-hydrogen) atoms. The molecular weight excluding hydrogens is 689 g/mol. The lowest BCUT2D eigenvalue weighted by molar-refractivity contribution is 1.10. The first-order valence-electron chi connectivity index (χ1n) is 19.6. The summed E-state index contributed by atoms with van der Waals surface area (Å²) < 4.78 is 4.80. The van der Waals surface area contributed by atoms with E-state index in [0.29, 0.717) is 0 Å². The second kappa shape index (κ2) is 14.3. The molecule has 0 bridgehead atoms. The molecule has 0 fully saturated rings. The second-order valence-electron chi connectivity index (χ2n) is 14.5. The van der Waals surface area contributed by atoms with Gasteiger partial charge in [-0.3, -0.25) is 0 Å². The molecule has 0 atom stereocenters. The molecule has 0 aliphatic carbocycles. The molecule has 0 amide bonds. The van der Waals surface area contributed by atoms with Crippen LogP contribution in [0.3, 0.4) is 0 Å². The summed E-state index contributed by atoms with van der Waals surface area (Å²) in [6.07, 6.45) is 6.37. The molecule has 0 unspecified atom stereocenters. The van der Waals surface area contributed by atoms with Gasteiger partial charge in [0, 0.05) is 33.1 Å². The Balaban J connectivity index is 1.09. The first-order valence-corrected chi connectivity index (χ1v) is 19.6. The Morgan fingerprint density at radius 2 is 0.825 bits per heavy atom. The number of allylic oxidation sites excluding steroid dienone is 1. The third-order valence-corrected chi connectivity index (χ3v) is 11.2. The number of nitrogens with zero attached hydrogens (tertiary/aromatic N) is 2. The highest BCUT2D eigenvalue weighted by Crippen LogP contribution is 2.42. The van der Waals surface area contributed by atoms with E-state index >= 15 is 0 Å². The summed E-state index contributed by atoms with van der Waals surface area (Å²) in [5, 5.41) is 3.66. The van der Waals surface area contributed by atoms with Gasteiger partial charge in [0.25, 0.3) is 0 Å². The Bertz CT molecular complexity index is 3100. The van der Waals surface area contributed by atoms with E-state index < -0.39 is 0 Å². The zero-order valence-corrected chi connectivity index (χ0v) is 31.8. The van der Waals surface area contributed by atoms with E-state index in [-0.39, 0.29) is 0 Å². The van der Waals surface area contributed by atoms with Gasteiger partial charge in [0.2, 0.25) is 0 Å². The molecule has 10 rings (SSSR count). The lowest BCUT2D eigenvalue weighted by Crippen LogP contribution is -1.97. The zero-order chi connectivity index (χ0) is 38.3. The van der Waals surface area contributed by atoms with Crippen molar-refractivity contribution in [3.05, 3.63) is 218 Å². The minimum absolute atomic E-state index is 1.11. The SMILES string of the molecule is C=Cc1c(/C=C\C)n(-c2ccc(-c3cccc(-c4ccccc4)c3)cc2)c2ccc3c(c4ccccc4n3-c3ccc(-c4cccc(-c5ccccc5)c4)cc3)c12. The average Bonchev–Trinajstić information content (AvgIpc) is 3.79. The normalized spacial score (nSPS) is 11.6. The number of hydrogen-bond acceptors (Lipinski definition) is 0. The molecule has 0 N–H and O–H groups in total. The van der Waals surface area contributed by atoms with E-state index in [2.05, 4.69) is 229 Å². The van der Waals surface area contributed by atoms with Crippen molar-refractivity contribution in [2.45, 2.75) is 6.92 Å². The summed E-state index contributed by atoms with van der Waals surface area (Å²) in [7, 11) is 0. The van der Waals surface area contributed by atoms with Crippen molar-refractivity contribution >= 4 is 44.9 Å². The standard InChI is InChI=1S/C55H40N2/c1-3-15-50-48(4-2)54-52(56(50)46-30-26-40(27-31-46)44-22-13-20-42(36-44)38-16-7-5-8-17-38)34-35-53-55(54)49-24-11-12-25-51(49)57(53)47-32-28-41(29-33-47)45-23-14-21-43(37-45)39-18-9-6-10-19-39/h3-37H,2H2,1H3/b15-3-. The molecule has 270 valence electrons. The quantitative estimate of drug-likeness (QED) is 0.147. The van der Waals surface area contributed by atoms with Gasteiger partial charge >= 0.3 is 0 Å². The number of benzene rings is 8. The van der Waals surface area contributed by atoms with Crippen LogP contribution >= 0.6 is 0 Å². The van der Waals surface area contributed by atoms with E-state index in [4.69, 9.17) is 0 Å². The van der Waals surface area contributed by atoms with Gasteiger partial charge in [0.15, 0.2) is 0 Å². The highest BCUT2D eigenvalue weighted by molar-refractivity contribution is 6.24. The maximum Gasteiger partial charge on any atom is 0.0548 e. The summed E-state index contributed by atoms with van der Waals surface area (Å²) >= 11 is 0. The molecule has 0 saturated carbocycles. The zero-order valence-electron chi connectivity index (χ0n) is 31.8. The number of aromatic nitrogens is 2. The fourth-order valence-electron chi connectivity index (χ4n) is 8.60. The van der Waals surface area contributed by atoms with Crippen LogP contribution in [0, 0.1) is 0 Å². The highest BCUT2D eigenvalue weighted by Gasteiger charge is 2.22. The number of hydrogen-bond donors (Lipinski definition) is 0. The molecule has 2 nitrogen and oxygen atoms in total. The fourth-order valence-corrected chi connectivity index (χ4v) is 8.60. The maximum atomic E-state index is 4.38. The second-order valence-corrected chi connectivity index (χ2v) is 14.5. The first-order chi connectivity index (χ1) is 28.2. The predicted molar refractivity (Wildman–Crippen MR) is 244 cm³/mol. The summed E-state index contributed by atoms with van der Waals surface area (Å²) in [6.45, 7) is 6.46. The van der Waals surface area contributed by atoms with Crippen LogP contribution in [0.1, 0.15) is 18.2 Å². The Morgan fingerprint density at radius 1 is 0.386 bits per heavy atom. The smallest absolute Gasteiger partial charge is 0.0548 e. The third kappa shape index (κ3) is 5.91. The largest absolute Gasteiger partial charge is 0.309 e. The predicted octanol–water partition coefficient (Wildman–Crippen LogP) is 15.1. The molecule has 2 heterocycles. The Morgan fingerprint density at radius 3 is 1.33 bits per heavy atom. The van der Waals surface area contributed by atoms with Gasteiger partial charge in [-0.05, 0) is 112 Å². The molecule has 0 aliphatic heterocycles. The van der Waals surface area contributed by atoms with Crippen molar-refractivity contribution in [1.29, 1.82) is 0 Å². The van der Waals surface area contributed by atoms with Crippen LogP contribution in [0.15, 0.2) is 207 Å². The van der Waals surface area contributed by atoms with Crippen LogP contribution in [-0.4, -0.2) is 9.13 Å². The van der Waals surface area contributed by atoms with Gasteiger partial charge < -0.3 is 9.13 Å². The monoisotopic (exact) mass is 728 g/mol. The van der Waals surface area contributed by atoms with Gasteiger partial charge in [0.05, 0.1) is 22.2 Å². The molecule has 0 radical (unpaired) electrons. The van der Waals surface area contributed by atoms with E-state index in [9.17, 15) is 0 Å². The molecule has 0 saturated heterocycles. The Hall–Kier alpha value is -7.42. The molecule has 0 spiro atoms. The minimum atomic E-state index is 1.11. The van der Waals surface area contributed by atoms with Crippen molar-refractivity contribution < 1.29 is 0 Å². The molecule has 8 aromatic carbocycles. The van der Waals surface area contributed by atoms with Crippen molar-refractivity contribution in [2.75, 3.05) is 0 Å². The highest BCUT2D eigenvalue weighted by atomic mass is 15.0. The maximum absolute atomic E-state index is 4.38. The lowest BCUT2D eigenvalue weighted by Gasteiger charge is -2.12. The van der Waals surface area contributed by atoms with E-state index in [1.807, 2.05) is 6.08 Å². The topological polar surface area (TPSA) is 9.86 Å². The van der Waals surface area contributed by atoms with Gasteiger partial charge in [0.1, 0.15) is 0 Å². The average molecular weight is 729 g/mol. The third-order valence-electron chi connectivity index (χ3n) is 11.2. The molecular formula is C55H40N2. The van der Waals surface area contributed by atoms with Gasteiger partial charge in [-0.25, -0.2) is 0 Å². The lowest BCUT2D eigenvalue weighted by atomic mass is 9.99. The van der Waals surface area contributed by atoms with Crippen molar-refractivity contribution in [3.63, 3.8) is 0 Å². The molecule has 2 heteroatoms. The van der Waals surface area contributed by atoms with Crippen LogP contribution in [0.4, 0.5) is 0 Å². The van der Waals surface area contributed by atoms with Gasteiger partial charge in [-0.15, -0.1) is 0 Å². The van der Waals surface area contributed by atoms with E-state index in [1.165, 1.54) is 71.7 Å². The number of para-hydroxylation sites is 1. The minimum Gasteiger partial charge on any atom is -0.309 e. The van der Waals surface area contributed by atoms with Gasteiger partial charge in [-0.1, -0.05) is 158 Å². The summed E-state index contributed by atoms with van der Waals surface area (Å²) in [5.74, 6) is 0. The van der Waals surface area contributed by atoms with Gasteiger partial charge in [-0.2, -0.15) is 0 Å². The first kappa shape index (κ1) is 34.1. The van der Waals surface area contributed by atoms with E-state index in [1.54, 1.807) is 0 Å². The fraction of sp³-hybridized carbons (Fsp3) is 0.0182. The van der Waals surface area contributed by atoms with Crippen LogP contribution in [0.5, 0.6) is 0 Å². The van der Waals surface area contributed by atoms with Crippen LogP contribution in [-0.2, 0) is 0 Å². The van der Waals surface area contributed by atoms with Crippen molar-refractivity contribution in [2.24, 2.45) is 0 Å². The Kier molecular flexibility index (Phi) is 8.58. The molecule has 0 aliphatic rings. The van der Waals surface area contributed by atoms with Crippen LogP contribution < -0.4 is 0 Å². The summed E-state index contributed by atoms with van der Waals surface area (Å²) in [6, 6.07) is 70.1. The number of rotatable bonds is 8. The molecule has 10 aromatic rings. The van der Waals surface area contributed by atoms with Crippen molar-refractivity contribution in [1.82, 2.24) is 9.13 Å². The summed E-state index contributed by atoms with van der Waals surface area (Å²) in [4.78, 5) is 0. The Labute approximate surface area is 333 Å².